The second kappa shape index (κ2) is 9.24. The number of ether oxygens (including phenoxy) is 1. The summed E-state index contributed by atoms with van der Waals surface area (Å²) in [5.74, 6) is -1.80. The highest BCUT2D eigenvalue weighted by molar-refractivity contribution is 5.88. The van der Waals surface area contributed by atoms with E-state index in [0.717, 1.165) is 16.5 Å². The number of hydrogen-bond donors (Lipinski definition) is 3. The Morgan fingerprint density at radius 1 is 1.28 bits per heavy atom. The average Bonchev–Trinajstić information content (AvgIpc) is 3.08. The molecule has 0 spiro atoms. The third-order valence-corrected chi connectivity index (χ3v) is 4.89. The fraction of sp³-hybridized carbons (Fsp3) is 0.429. The van der Waals surface area contributed by atoms with Gasteiger partial charge >= 0.3 is 5.97 Å². The number of hydrogen-bond acceptors (Lipinski definition) is 5. The molecule has 0 fully saturated rings. The molecule has 2 amide bonds. The molecule has 2 atom stereocenters. The first-order valence-corrected chi connectivity index (χ1v) is 9.37. The van der Waals surface area contributed by atoms with Gasteiger partial charge < -0.3 is 20.4 Å². The summed E-state index contributed by atoms with van der Waals surface area (Å²) < 4.78 is 5.11. The van der Waals surface area contributed by atoms with Crippen LogP contribution in [-0.2, 0) is 25.5 Å². The number of aromatic amines is 1. The number of fused-ring (bicyclic) bond motifs is 1. The second-order valence-electron chi connectivity index (χ2n) is 7.44. The minimum absolute atomic E-state index is 0.124. The van der Waals surface area contributed by atoms with E-state index in [-0.39, 0.29) is 18.2 Å². The number of para-hydroxylation sites is 1. The van der Waals surface area contributed by atoms with Gasteiger partial charge in [-0.25, -0.2) is 4.79 Å². The Morgan fingerprint density at radius 3 is 2.59 bits per heavy atom. The van der Waals surface area contributed by atoms with Gasteiger partial charge in [0.1, 0.15) is 11.6 Å². The van der Waals surface area contributed by atoms with Crippen LogP contribution in [0.5, 0.6) is 0 Å². The number of nitriles is 1. The van der Waals surface area contributed by atoms with E-state index in [4.69, 9.17) is 4.74 Å². The van der Waals surface area contributed by atoms with Crippen molar-refractivity contribution in [1.29, 1.82) is 5.26 Å². The minimum Gasteiger partial charge on any atom is -0.454 e. The lowest BCUT2D eigenvalue weighted by Crippen LogP contribution is -2.50. The fourth-order valence-corrected chi connectivity index (χ4v) is 2.82. The molecule has 1 aromatic carbocycles. The Bertz CT molecular complexity index is 944. The summed E-state index contributed by atoms with van der Waals surface area (Å²) in [6.45, 7) is 6.00. The minimum atomic E-state index is -1.06. The van der Waals surface area contributed by atoms with Crippen LogP contribution in [0.2, 0.25) is 0 Å². The van der Waals surface area contributed by atoms with Gasteiger partial charge in [0.25, 0.3) is 5.91 Å². The van der Waals surface area contributed by atoms with Crippen LogP contribution in [0.4, 0.5) is 0 Å². The Labute approximate surface area is 169 Å². The normalized spacial score (nSPS) is 13.9. The first-order valence-electron chi connectivity index (χ1n) is 9.37. The Hall–Kier alpha value is -3.34. The van der Waals surface area contributed by atoms with E-state index in [9.17, 15) is 19.6 Å². The van der Waals surface area contributed by atoms with Gasteiger partial charge in [0.15, 0.2) is 6.61 Å². The van der Waals surface area contributed by atoms with E-state index in [2.05, 4.69) is 21.7 Å². The highest BCUT2D eigenvalue weighted by Gasteiger charge is 2.31. The van der Waals surface area contributed by atoms with E-state index >= 15 is 0 Å². The molecule has 0 aliphatic carbocycles. The first kappa shape index (κ1) is 22.0. The van der Waals surface area contributed by atoms with Gasteiger partial charge in [-0.15, -0.1) is 0 Å². The molecule has 2 rings (SSSR count). The number of amides is 2. The van der Waals surface area contributed by atoms with Crippen LogP contribution in [0.3, 0.4) is 0 Å². The van der Waals surface area contributed by atoms with Crippen LogP contribution in [0.15, 0.2) is 30.5 Å². The van der Waals surface area contributed by atoms with Crippen LogP contribution in [0.1, 0.15) is 33.3 Å². The SMILES string of the molecule is CC(=O)N[C@@H](Cc1c[nH]c2ccccc12)C(=O)OCC(=O)N[C@@](C)(C#N)C(C)C. The van der Waals surface area contributed by atoms with E-state index in [1.807, 2.05) is 38.1 Å². The van der Waals surface area contributed by atoms with Crippen LogP contribution >= 0.6 is 0 Å². The summed E-state index contributed by atoms with van der Waals surface area (Å²) in [6, 6.07) is 8.73. The maximum atomic E-state index is 12.5. The Kier molecular flexibility index (Phi) is 6.99. The van der Waals surface area contributed by atoms with Crippen molar-refractivity contribution in [3.63, 3.8) is 0 Å². The van der Waals surface area contributed by atoms with E-state index in [1.165, 1.54) is 6.92 Å². The van der Waals surface area contributed by atoms with E-state index in [1.54, 1.807) is 13.1 Å². The number of benzene rings is 1. The second-order valence-corrected chi connectivity index (χ2v) is 7.44. The molecule has 8 nitrogen and oxygen atoms in total. The van der Waals surface area contributed by atoms with Crippen LogP contribution in [0, 0.1) is 17.2 Å². The predicted molar refractivity (Wildman–Crippen MR) is 108 cm³/mol. The zero-order valence-corrected chi connectivity index (χ0v) is 17.0. The van der Waals surface area contributed by atoms with Crippen molar-refractivity contribution in [3.8, 4) is 6.07 Å². The highest BCUT2D eigenvalue weighted by Crippen LogP contribution is 2.19. The lowest BCUT2D eigenvalue weighted by Gasteiger charge is -2.27. The van der Waals surface area contributed by atoms with E-state index < -0.39 is 30.1 Å². The summed E-state index contributed by atoms with van der Waals surface area (Å²) in [5, 5.41) is 15.4. The van der Waals surface area contributed by atoms with Gasteiger partial charge in [-0.2, -0.15) is 5.26 Å². The van der Waals surface area contributed by atoms with Gasteiger partial charge in [-0.3, -0.25) is 9.59 Å². The van der Waals surface area contributed by atoms with Crippen molar-refractivity contribution in [2.45, 2.75) is 45.7 Å². The summed E-state index contributed by atoms with van der Waals surface area (Å²) in [7, 11) is 0. The molecule has 0 aliphatic rings. The summed E-state index contributed by atoms with van der Waals surface area (Å²) in [5.41, 5.74) is 0.698. The lowest BCUT2D eigenvalue weighted by atomic mass is 9.90. The number of nitrogens with zero attached hydrogens (tertiary/aromatic N) is 1. The molecule has 2 aromatic rings. The molecule has 0 bridgehead atoms. The monoisotopic (exact) mass is 398 g/mol. The van der Waals surface area contributed by atoms with Gasteiger partial charge in [-0.05, 0) is 24.5 Å². The molecule has 29 heavy (non-hydrogen) atoms. The number of carbonyl (C=O) groups is 3. The summed E-state index contributed by atoms with van der Waals surface area (Å²) >= 11 is 0. The summed E-state index contributed by atoms with van der Waals surface area (Å²) in [4.78, 5) is 39.3. The van der Waals surface area contributed by atoms with Crippen molar-refractivity contribution in [1.82, 2.24) is 15.6 Å². The molecule has 0 saturated heterocycles. The van der Waals surface area contributed by atoms with Crippen molar-refractivity contribution < 1.29 is 19.1 Å². The number of esters is 1. The van der Waals surface area contributed by atoms with Crippen molar-refractivity contribution >= 4 is 28.7 Å². The fourth-order valence-electron chi connectivity index (χ4n) is 2.82. The molecule has 154 valence electrons. The number of aromatic nitrogens is 1. The number of nitrogens with one attached hydrogen (secondary N) is 3. The van der Waals surface area contributed by atoms with Gasteiger partial charge in [0.2, 0.25) is 5.91 Å². The summed E-state index contributed by atoms with van der Waals surface area (Å²) in [6.07, 6.45) is 1.99. The van der Waals surface area contributed by atoms with Crippen LogP contribution in [0.25, 0.3) is 10.9 Å². The molecule has 3 N–H and O–H groups in total. The molecule has 0 unspecified atom stereocenters. The molecule has 0 saturated carbocycles. The smallest absolute Gasteiger partial charge is 0.329 e. The predicted octanol–water partition coefficient (Wildman–Crippen LogP) is 1.81. The number of H-pyrrole nitrogens is 1. The average molecular weight is 398 g/mol. The largest absolute Gasteiger partial charge is 0.454 e. The standard InChI is InChI=1S/C21H26N4O4/c1-13(2)21(4,12-22)25-19(27)11-29-20(28)18(24-14(3)26)9-15-10-23-17-8-6-5-7-16(15)17/h5-8,10,13,18,23H,9,11H2,1-4H3,(H,24,26)(H,25,27)/t18-,21-/m0/s1. The Morgan fingerprint density at radius 2 is 1.97 bits per heavy atom. The maximum Gasteiger partial charge on any atom is 0.329 e. The quantitative estimate of drug-likeness (QED) is 0.585. The van der Waals surface area contributed by atoms with Crippen LogP contribution < -0.4 is 10.6 Å². The van der Waals surface area contributed by atoms with Crippen molar-refractivity contribution in [3.05, 3.63) is 36.0 Å². The van der Waals surface area contributed by atoms with Crippen molar-refractivity contribution in [2.24, 2.45) is 5.92 Å². The van der Waals surface area contributed by atoms with Gasteiger partial charge in [0.05, 0.1) is 6.07 Å². The maximum absolute atomic E-state index is 12.5. The molecular weight excluding hydrogens is 372 g/mol. The van der Waals surface area contributed by atoms with Crippen molar-refractivity contribution in [2.75, 3.05) is 6.61 Å². The molecular formula is C21H26N4O4. The molecule has 1 aromatic heterocycles. The Balaban J connectivity index is 2.05. The third kappa shape index (κ3) is 5.57. The number of carbonyl (C=O) groups excluding carboxylic acids is 3. The molecule has 8 heteroatoms. The number of rotatable bonds is 8. The zero-order chi connectivity index (χ0) is 21.6. The van der Waals surface area contributed by atoms with Gasteiger partial charge in [0, 0.05) is 30.4 Å². The van der Waals surface area contributed by atoms with E-state index in [0.29, 0.717) is 0 Å². The lowest BCUT2D eigenvalue weighted by molar-refractivity contribution is -0.151. The van der Waals surface area contributed by atoms with Gasteiger partial charge in [-0.1, -0.05) is 32.0 Å². The first-order chi connectivity index (χ1) is 13.7. The third-order valence-electron chi connectivity index (χ3n) is 4.89. The topological polar surface area (TPSA) is 124 Å². The molecule has 1 heterocycles. The highest BCUT2D eigenvalue weighted by atomic mass is 16.5. The molecule has 0 radical (unpaired) electrons. The van der Waals surface area contributed by atoms with Crippen LogP contribution in [-0.4, -0.2) is 41.0 Å². The molecule has 0 aliphatic heterocycles. The zero-order valence-electron chi connectivity index (χ0n) is 17.0.